The van der Waals surface area contributed by atoms with Crippen molar-refractivity contribution in [2.75, 3.05) is 7.11 Å². The predicted octanol–water partition coefficient (Wildman–Crippen LogP) is 2.87. The van der Waals surface area contributed by atoms with Crippen molar-refractivity contribution in [1.29, 1.82) is 0 Å². The van der Waals surface area contributed by atoms with Crippen LogP contribution in [0.1, 0.15) is 10.7 Å². The zero-order valence-electron chi connectivity index (χ0n) is 13.0. The van der Waals surface area contributed by atoms with Crippen LogP contribution >= 0.6 is 11.3 Å². The zero-order valence-corrected chi connectivity index (χ0v) is 13.8. The molecule has 0 aliphatic carbocycles. The number of benzene rings is 1. The fraction of sp³-hybridized carbons (Fsp3) is 0.118. The van der Waals surface area contributed by atoms with Gasteiger partial charge in [-0.2, -0.15) is 5.10 Å². The van der Waals surface area contributed by atoms with E-state index in [2.05, 4.69) is 20.5 Å². The normalized spacial score (nSPS) is 10.9. The summed E-state index contributed by atoms with van der Waals surface area (Å²) >= 11 is 1.58. The van der Waals surface area contributed by atoms with Crippen LogP contribution in [0.25, 0.3) is 17.5 Å². The fourth-order valence-electron chi connectivity index (χ4n) is 2.02. The third kappa shape index (κ3) is 4.08. The highest BCUT2D eigenvalue weighted by Gasteiger charge is 2.07. The van der Waals surface area contributed by atoms with Crippen molar-refractivity contribution in [2.24, 2.45) is 0 Å². The minimum atomic E-state index is -0.175. The summed E-state index contributed by atoms with van der Waals surface area (Å²) < 4.78 is 5.12. The number of H-pyrrole nitrogens is 1. The Bertz CT molecular complexity index is 823. The number of hydrogen-bond donors (Lipinski definition) is 2. The Morgan fingerprint density at radius 1 is 1.33 bits per heavy atom. The zero-order chi connectivity index (χ0) is 16.8. The number of hydrogen-bond acceptors (Lipinski definition) is 5. The molecule has 0 saturated carbocycles. The van der Waals surface area contributed by atoms with E-state index in [0.29, 0.717) is 11.6 Å². The molecule has 0 aliphatic rings. The highest BCUT2D eigenvalue weighted by atomic mass is 32.1. The van der Waals surface area contributed by atoms with Gasteiger partial charge in [-0.1, -0.05) is 6.07 Å². The minimum Gasteiger partial charge on any atom is -0.497 e. The van der Waals surface area contributed by atoms with Gasteiger partial charge < -0.3 is 10.1 Å². The molecule has 122 valence electrons. The van der Waals surface area contributed by atoms with Crippen molar-refractivity contribution in [1.82, 2.24) is 20.5 Å². The van der Waals surface area contributed by atoms with Gasteiger partial charge >= 0.3 is 0 Å². The molecule has 7 heteroatoms. The first-order valence-electron chi connectivity index (χ1n) is 7.30. The largest absolute Gasteiger partial charge is 0.497 e. The first-order chi connectivity index (χ1) is 11.7. The molecule has 0 fully saturated rings. The SMILES string of the molecule is COc1ccc(-c2n[nH]c(CNC(=O)/C=C/c3cccs3)n2)cc1. The number of ether oxygens (including phenoxy) is 1. The second-order valence-electron chi connectivity index (χ2n) is 4.90. The van der Waals surface area contributed by atoms with Crippen LogP contribution in [0.4, 0.5) is 0 Å². The van der Waals surface area contributed by atoms with Crippen LogP contribution in [0.3, 0.4) is 0 Å². The summed E-state index contributed by atoms with van der Waals surface area (Å²) in [6.45, 7) is 0.288. The number of rotatable bonds is 6. The van der Waals surface area contributed by atoms with Gasteiger partial charge in [-0.3, -0.25) is 9.89 Å². The average Bonchev–Trinajstić information content (AvgIpc) is 3.30. The molecule has 6 nitrogen and oxygen atoms in total. The van der Waals surface area contributed by atoms with Gasteiger partial charge in [0.05, 0.1) is 13.7 Å². The van der Waals surface area contributed by atoms with E-state index >= 15 is 0 Å². The number of thiophene rings is 1. The van der Waals surface area contributed by atoms with Crippen LogP contribution in [0, 0.1) is 0 Å². The van der Waals surface area contributed by atoms with Crippen molar-refractivity contribution >= 4 is 23.3 Å². The van der Waals surface area contributed by atoms with Crippen molar-refractivity contribution in [3.63, 3.8) is 0 Å². The lowest BCUT2D eigenvalue weighted by Gasteiger charge is -1.99. The second kappa shape index (κ2) is 7.56. The summed E-state index contributed by atoms with van der Waals surface area (Å²) in [5.74, 6) is 1.78. The van der Waals surface area contributed by atoms with E-state index in [1.165, 1.54) is 6.08 Å². The van der Waals surface area contributed by atoms with Gasteiger partial charge in [0.15, 0.2) is 5.82 Å². The number of nitrogens with zero attached hydrogens (tertiary/aromatic N) is 2. The third-order valence-corrected chi connectivity index (χ3v) is 4.09. The summed E-state index contributed by atoms with van der Waals surface area (Å²) in [5, 5.41) is 11.7. The fourth-order valence-corrected chi connectivity index (χ4v) is 2.64. The molecule has 3 aromatic rings. The molecule has 2 aromatic heterocycles. The van der Waals surface area contributed by atoms with E-state index in [1.54, 1.807) is 24.5 Å². The number of carbonyl (C=O) groups is 1. The summed E-state index contributed by atoms with van der Waals surface area (Å²) in [6, 6.07) is 11.4. The smallest absolute Gasteiger partial charge is 0.244 e. The van der Waals surface area contributed by atoms with E-state index in [-0.39, 0.29) is 12.5 Å². The topological polar surface area (TPSA) is 79.9 Å². The van der Waals surface area contributed by atoms with Crippen LogP contribution < -0.4 is 10.1 Å². The molecule has 24 heavy (non-hydrogen) atoms. The van der Waals surface area contributed by atoms with E-state index in [4.69, 9.17) is 4.74 Å². The third-order valence-electron chi connectivity index (χ3n) is 3.25. The number of carbonyl (C=O) groups excluding carboxylic acids is 1. The lowest BCUT2D eigenvalue weighted by atomic mass is 10.2. The van der Waals surface area contributed by atoms with E-state index in [1.807, 2.05) is 41.8 Å². The Hall–Kier alpha value is -2.93. The molecule has 0 atom stereocenters. The van der Waals surface area contributed by atoms with E-state index < -0.39 is 0 Å². The molecule has 0 aliphatic heterocycles. The second-order valence-corrected chi connectivity index (χ2v) is 5.88. The van der Waals surface area contributed by atoms with E-state index in [9.17, 15) is 4.79 Å². The monoisotopic (exact) mass is 340 g/mol. The Labute approximate surface area is 143 Å². The molecule has 3 rings (SSSR count). The molecule has 2 N–H and O–H groups in total. The van der Waals surface area contributed by atoms with Gasteiger partial charge in [0.25, 0.3) is 0 Å². The van der Waals surface area contributed by atoms with Gasteiger partial charge in [-0.25, -0.2) is 4.98 Å². The molecule has 0 unspecified atom stereocenters. The van der Waals surface area contributed by atoms with Crippen molar-refractivity contribution in [3.05, 3.63) is 58.6 Å². The van der Waals surface area contributed by atoms with Gasteiger partial charge in [0.1, 0.15) is 11.6 Å². The summed E-state index contributed by atoms with van der Waals surface area (Å²) in [4.78, 5) is 17.2. The van der Waals surface area contributed by atoms with Crippen LogP contribution in [0.2, 0.25) is 0 Å². The number of nitrogens with one attached hydrogen (secondary N) is 2. The van der Waals surface area contributed by atoms with Crippen LogP contribution in [-0.2, 0) is 11.3 Å². The minimum absolute atomic E-state index is 0.175. The molecule has 0 spiro atoms. The van der Waals surface area contributed by atoms with Gasteiger partial charge in [0.2, 0.25) is 5.91 Å². The molecule has 0 saturated heterocycles. The quantitative estimate of drug-likeness (QED) is 0.676. The average molecular weight is 340 g/mol. The molecule has 2 heterocycles. The number of aromatic nitrogens is 3. The maximum atomic E-state index is 11.8. The predicted molar refractivity (Wildman–Crippen MR) is 93.6 cm³/mol. The highest BCUT2D eigenvalue weighted by Crippen LogP contribution is 2.18. The Morgan fingerprint density at radius 3 is 2.88 bits per heavy atom. The van der Waals surface area contributed by atoms with Gasteiger partial charge in [-0.15, -0.1) is 11.3 Å². The van der Waals surface area contributed by atoms with Crippen LogP contribution in [-0.4, -0.2) is 28.2 Å². The molecule has 1 aromatic carbocycles. The number of amides is 1. The van der Waals surface area contributed by atoms with Crippen molar-refractivity contribution < 1.29 is 9.53 Å². The molecular weight excluding hydrogens is 324 g/mol. The molecular formula is C17H16N4O2S. The Morgan fingerprint density at radius 2 is 2.17 bits per heavy atom. The summed E-state index contributed by atoms with van der Waals surface area (Å²) in [6.07, 6.45) is 3.29. The lowest BCUT2D eigenvalue weighted by Crippen LogP contribution is -2.20. The molecule has 1 amide bonds. The first kappa shape index (κ1) is 15.9. The maximum Gasteiger partial charge on any atom is 0.244 e. The maximum absolute atomic E-state index is 11.8. The van der Waals surface area contributed by atoms with Crippen molar-refractivity contribution in [2.45, 2.75) is 6.54 Å². The number of aromatic amines is 1. The van der Waals surface area contributed by atoms with Crippen LogP contribution in [0.5, 0.6) is 5.75 Å². The highest BCUT2D eigenvalue weighted by molar-refractivity contribution is 7.10. The van der Waals surface area contributed by atoms with Crippen molar-refractivity contribution in [3.8, 4) is 17.1 Å². The first-order valence-corrected chi connectivity index (χ1v) is 8.17. The van der Waals surface area contributed by atoms with E-state index in [0.717, 1.165) is 16.2 Å². The standard InChI is InChI=1S/C17H16N4O2S/c1-23-13-6-4-12(5-7-13)17-19-15(20-21-17)11-18-16(22)9-8-14-3-2-10-24-14/h2-10H,11H2,1H3,(H,18,22)(H,19,20,21)/b9-8+. The van der Waals surface area contributed by atoms with Gasteiger partial charge in [-0.05, 0) is 41.8 Å². The summed E-state index contributed by atoms with van der Waals surface area (Å²) in [5.41, 5.74) is 0.877. The molecule has 0 radical (unpaired) electrons. The van der Waals surface area contributed by atoms with Crippen LogP contribution in [0.15, 0.2) is 47.9 Å². The molecule has 0 bridgehead atoms. The Kier molecular flexibility index (Phi) is 5.02. The summed E-state index contributed by atoms with van der Waals surface area (Å²) in [7, 11) is 1.62. The Balaban J connectivity index is 1.56. The lowest BCUT2D eigenvalue weighted by molar-refractivity contribution is -0.116. The van der Waals surface area contributed by atoms with Gasteiger partial charge in [0, 0.05) is 16.5 Å². The number of methoxy groups -OCH3 is 1.